The van der Waals surface area contributed by atoms with E-state index in [-0.39, 0.29) is 11.7 Å². The van der Waals surface area contributed by atoms with Gasteiger partial charge >= 0.3 is 0 Å². The fourth-order valence-corrected chi connectivity index (χ4v) is 3.84. The van der Waals surface area contributed by atoms with Gasteiger partial charge in [-0.15, -0.1) is 10.2 Å². The monoisotopic (exact) mass is 444 g/mol. The molecule has 3 aromatic carbocycles. The molecule has 1 amide bonds. The molecule has 0 bridgehead atoms. The molecule has 0 aliphatic rings. The molecule has 0 atom stereocenters. The number of aromatic nitrogens is 3. The lowest BCUT2D eigenvalue weighted by atomic mass is 10.2. The first-order valence-corrected chi connectivity index (χ1v) is 11.3. The zero-order chi connectivity index (χ0) is 22.2. The molecular weight excluding hydrogens is 420 g/mol. The van der Waals surface area contributed by atoms with Crippen LogP contribution in [0.2, 0.25) is 0 Å². The normalized spacial score (nSPS) is 10.7. The third-order valence-corrected chi connectivity index (χ3v) is 5.72. The highest BCUT2D eigenvalue weighted by Crippen LogP contribution is 2.21. The van der Waals surface area contributed by atoms with Gasteiger partial charge in [0, 0.05) is 5.69 Å². The van der Waals surface area contributed by atoms with E-state index in [1.807, 2.05) is 84.3 Å². The molecule has 0 radical (unpaired) electrons. The number of carbonyl (C=O) groups is 1. The van der Waals surface area contributed by atoms with Crippen LogP contribution in [0, 0.1) is 6.92 Å². The lowest BCUT2D eigenvalue weighted by Gasteiger charge is -2.11. The predicted molar refractivity (Wildman–Crippen MR) is 127 cm³/mol. The molecule has 0 unspecified atom stereocenters. The van der Waals surface area contributed by atoms with E-state index in [1.54, 1.807) is 0 Å². The molecule has 0 fully saturated rings. The Balaban J connectivity index is 1.45. The number of nitrogens with one attached hydrogen (secondary N) is 1. The van der Waals surface area contributed by atoms with Gasteiger partial charge < -0.3 is 10.1 Å². The Labute approximate surface area is 191 Å². The van der Waals surface area contributed by atoms with E-state index in [4.69, 9.17) is 4.74 Å². The Hall–Kier alpha value is -3.58. The quantitative estimate of drug-likeness (QED) is 0.370. The minimum absolute atomic E-state index is 0.0878. The molecule has 4 aromatic rings. The van der Waals surface area contributed by atoms with Gasteiger partial charge in [-0.2, -0.15) is 0 Å². The maximum atomic E-state index is 12.4. The Kier molecular flexibility index (Phi) is 7.19. The van der Waals surface area contributed by atoms with Crippen molar-refractivity contribution >= 4 is 23.4 Å². The Bertz CT molecular complexity index is 1150. The maximum absolute atomic E-state index is 12.4. The Morgan fingerprint density at radius 1 is 0.938 bits per heavy atom. The topological polar surface area (TPSA) is 69.0 Å². The highest BCUT2D eigenvalue weighted by Gasteiger charge is 2.15. The van der Waals surface area contributed by atoms with Crippen molar-refractivity contribution in [3.63, 3.8) is 0 Å². The van der Waals surface area contributed by atoms with Gasteiger partial charge in [-0.05, 0) is 36.8 Å². The molecule has 4 rings (SSSR count). The van der Waals surface area contributed by atoms with Crippen molar-refractivity contribution in [2.24, 2.45) is 0 Å². The number of carbonyl (C=O) groups excluding carboxylic acids is 1. The van der Waals surface area contributed by atoms with Crippen LogP contribution >= 0.6 is 11.8 Å². The Morgan fingerprint density at radius 2 is 1.62 bits per heavy atom. The molecule has 0 spiro atoms. The van der Waals surface area contributed by atoms with E-state index in [1.165, 1.54) is 11.8 Å². The second-order valence-corrected chi connectivity index (χ2v) is 8.22. The summed E-state index contributed by atoms with van der Waals surface area (Å²) >= 11 is 1.36. The van der Waals surface area contributed by atoms with Crippen LogP contribution in [0.25, 0.3) is 0 Å². The van der Waals surface area contributed by atoms with Crippen molar-refractivity contribution in [2.75, 3.05) is 11.1 Å². The van der Waals surface area contributed by atoms with Gasteiger partial charge in [0.1, 0.15) is 12.4 Å². The van der Waals surface area contributed by atoms with Gasteiger partial charge in [-0.3, -0.25) is 9.36 Å². The zero-order valence-corrected chi connectivity index (χ0v) is 18.6. The maximum Gasteiger partial charge on any atom is 0.234 e. The van der Waals surface area contributed by atoms with Crippen LogP contribution in [0.1, 0.15) is 17.0 Å². The molecule has 7 heteroatoms. The van der Waals surface area contributed by atoms with Crippen molar-refractivity contribution in [3.8, 4) is 5.75 Å². The molecule has 1 aromatic heterocycles. The summed E-state index contributed by atoms with van der Waals surface area (Å²) in [6, 6.07) is 27.5. The molecule has 0 saturated heterocycles. The standard InChI is InChI=1S/C25H24N4O2S/c1-19-12-14-21(15-13-19)26-24(30)18-32-25-28-27-23(17-31-22-10-6-3-7-11-22)29(25)16-20-8-4-2-5-9-20/h2-15H,16-18H2,1H3,(H,26,30). The van der Waals surface area contributed by atoms with E-state index < -0.39 is 0 Å². The molecular formula is C25H24N4O2S. The summed E-state index contributed by atoms with van der Waals surface area (Å²) in [5.41, 5.74) is 3.06. The fraction of sp³-hybridized carbons (Fsp3) is 0.160. The first-order chi connectivity index (χ1) is 15.7. The van der Waals surface area contributed by atoms with E-state index >= 15 is 0 Å². The first-order valence-electron chi connectivity index (χ1n) is 10.3. The minimum Gasteiger partial charge on any atom is -0.486 e. The van der Waals surface area contributed by atoms with Crippen LogP contribution in [0.5, 0.6) is 5.75 Å². The summed E-state index contributed by atoms with van der Waals surface area (Å²) in [7, 11) is 0. The number of para-hydroxylation sites is 1. The Morgan fingerprint density at radius 3 is 2.34 bits per heavy atom. The van der Waals surface area contributed by atoms with Crippen LogP contribution in [0.4, 0.5) is 5.69 Å². The van der Waals surface area contributed by atoms with Gasteiger partial charge in [-0.1, -0.05) is 78.0 Å². The van der Waals surface area contributed by atoms with E-state index in [0.717, 1.165) is 22.6 Å². The lowest BCUT2D eigenvalue weighted by Crippen LogP contribution is -2.15. The van der Waals surface area contributed by atoms with Crippen molar-refractivity contribution < 1.29 is 9.53 Å². The molecule has 0 aliphatic carbocycles. The largest absolute Gasteiger partial charge is 0.486 e. The molecule has 1 N–H and O–H groups in total. The van der Waals surface area contributed by atoms with Gasteiger partial charge in [0.25, 0.3) is 0 Å². The van der Waals surface area contributed by atoms with E-state index in [2.05, 4.69) is 27.6 Å². The van der Waals surface area contributed by atoms with Gasteiger partial charge in [0.15, 0.2) is 11.0 Å². The number of ether oxygens (including phenoxy) is 1. The number of aryl methyl sites for hydroxylation is 1. The minimum atomic E-state index is -0.0878. The van der Waals surface area contributed by atoms with Crippen molar-refractivity contribution in [3.05, 3.63) is 102 Å². The second kappa shape index (κ2) is 10.6. The summed E-state index contributed by atoms with van der Waals surface area (Å²) in [5, 5.41) is 12.3. The average Bonchev–Trinajstić information content (AvgIpc) is 3.20. The van der Waals surface area contributed by atoms with Crippen molar-refractivity contribution in [1.29, 1.82) is 0 Å². The highest BCUT2D eigenvalue weighted by atomic mass is 32.2. The van der Waals surface area contributed by atoms with Crippen molar-refractivity contribution in [2.45, 2.75) is 25.2 Å². The molecule has 162 valence electrons. The number of amides is 1. The molecule has 6 nitrogen and oxygen atoms in total. The highest BCUT2D eigenvalue weighted by molar-refractivity contribution is 7.99. The first kappa shape index (κ1) is 21.6. The lowest BCUT2D eigenvalue weighted by molar-refractivity contribution is -0.113. The molecule has 1 heterocycles. The number of benzene rings is 3. The van der Waals surface area contributed by atoms with Gasteiger partial charge in [-0.25, -0.2) is 0 Å². The summed E-state index contributed by atoms with van der Waals surface area (Å²) in [4.78, 5) is 12.4. The zero-order valence-electron chi connectivity index (χ0n) is 17.8. The van der Waals surface area contributed by atoms with Gasteiger partial charge in [0.05, 0.1) is 12.3 Å². The summed E-state index contributed by atoms with van der Waals surface area (Å²) in [5.74, 6) is 1.63. The molecule has 0 saturated carbocycles. The fourth-order valence-electron chi connectivity index (χ4n) is 3.09. The number of hydrogen-bond acceptors (Lipinski definition) is 5. The van der Waals surface area contributed by atoms with Crippen LogP contribution in [0.3, 0.4) is 0 Å². The number of nitrogens with zero attached hydrogens (tertiary/aromatic N) is 3. The summed E-state index contributed by atoms with van der Waals surface area (Å²) in [6.45, 7) is 2.91. The number of rotatable bonds is 9. The van der Waals surface area contributed by atoms with Gasteiger partial charge in [0.2, 0.25) is 5.91 Å². The third-order valence-electron chi connectivity index (χ3n) is 4.76. The number of hydrogen-bond donors (Lipinski definition) is 1. The van der Waals surface area contributed by atoms with Crippen LogP contribution in [-0.4, -0.2) is 26.4 Å². The van der Waals surface area contributed by atoms with Crippen LogP contribution in [-0.2, 0) is 17.9 Å². The SMILES string of the molecule is Cc1ccc(NC(=O)CSc2nnc(COc3ccccc3)n2Cc2ccccc2)cc1. The van der Waals surface area contributed by atoms with Crippen molar-refractivity contribution in [1.82, 2.24) is 14.8 Å². The van der Waals surface area contributed by atoms with E-state index in [0.29, 0.717) is 24.1 Å². The second-order valence-electron chi connectivity index (χ2n) is 7.28. The smallest absolute Gasteiger partial charge is 0.234 e. The summed E-state index contributed by atoms with van der Waals surface area (Å²) < 4.78 is 7.89. The van der Waals surface area contributed by atoms with Crippen LogP contribution < -0.4 is 10.1 Å². The number of thioether (sulfide) groups is 1. The van der Waals surface area contributed by atoms with E-state index in [9.17, 15) is 4.79 Å². The van der Waals surface area contributed by atoms with Crippen LogP contribution in [0.15, 0.2) is 90.1 Å². The molecule has 0 aliphatic heterocycles. The predicted octanol–water partition coefficient (Wildman–Crippen LogP) is 4.94. The summed E-state index contributed by atoms with van der Waals surface area (Å²) in [6.07, 6.45) is 0. The number of anilines is 1. The average molecular weight is 445 g/mol. The third kappa shape index (κ3) is 5.98. The molecule has 32 heavy (non-hydrogen) atoms.